The minimum absolute atomic E-state index is 0. The Bertz CT molecular complexity index is 780. The molecule has 0 bridgehead atoms. The van der Waals surface area contributed by atoms with Crippen LogP contribution in [-0.2, 0) is 27.8 Å². The first-order valence-corrected chi connectivity index (χ1v) is 12.0. The highest BCUT2D eigenvalue weighted by molar-refractivity contribution is 14.0. The second-order valence-corrected chi connectivity index (χ2v) is 9.71. The second-order valence-electron chi connectivity index (χ2n) is 7.96. The molecule has 0 unspecified atom stereocenters. The van der Waals surface area contributed by atoms with Crippen molar-refractivity contribution in [1.29, 1.82) is 0 Å². The van der Waals surface area contributed by atoms with Gasteiger partial charge in [0, 0.05) is 38.3 Å². The van der Waals surface area contributed by atoms with Gasteiger partial charge >= 0.3 is 0 Å². The number of hydrogen-bond donors (Lipinski definition) is 3. The predicted octanol–water partition coefficient (Wildman–Crippen LogP) is 1.52. The maximum Gasteiger partial charge on any atom is 0.209 e. The van der Waals surface area contributed by atoms with Crippen LogP contribution in [0, 0.1) is 0 Å². The summed E-state index contributed by atoms with van der Waals surface area (Å²) in [5, 5.41) is 6.46. The van der Waals surface area contributed by atoms with E-state index in [0.717, 1.165) is 39.4 Å². The van der Waals surface area contributed by atoms with E-state index in [4.69, 9.17) is 9.73 Å². The van der Waals surface area contributed by atoms with Gasteiger partial charge in [-0.3, -0.25) is 4.90 Å². The van der Waals surface area contributed by atoms with Gasteiger partial charge in [0.25, 0.3) is 0 Å². The van der Waals surface area contributed by atoms with Crippen molar-refractivity contribution >= 4 is 40.0 Å². The molecule has 0 atom stereocenters. The van der Waals surface area contributed by atoms with E-state index in [-0.39, 0.29) is 24.0 Å². The van der Waals surface area contributed by atoms with E-state index < -0.39 is 15.6 Å². The van der Waals surface area contributed by atoms with Gasteiger partial charge in [0.05, 0.1) is 26.0 Å². The van der Waals surface area contributed by atoms with Crippen LogP contribution in [0.3, 0.4) is 0 Å². The Labute approximate surface area is 198 Å². The number of ether oxygens (including phenoxy) is 1. The normalized spacial score (nSPS) is 16.1. The van der Waals surface area contributed by atoms with E-state index in [0.29, 0.717) is 19.0 Å². The highest BCUT2D eigenvalue weighted by Gasteiger charge is 2.22. The SMILES string of the molecule is CCNC(=NCc1ccccc1CN1CCOCC1)NCC(C)(C)NS(C)(=O)=O.I. The quantitative estimate of drug-likeness (QED) is 0.244. The second kappa shape index (κ2) is 12.8. The third-order valence-corrected chi connectivity index (χ3v) is 5.45. The molecule has 8 nitrogen and oxygen atoms in total. The van der Waals surface area contributed by atoms with E-state index in [1.165, 1.54) is 17.4 Å². The number of sulfonamides is 1. The van der Waals surface area contributed by atoms with Crippen LogP contribution in [0.4, 0.5) is 0 Å². The minimum atomic E-state index is -3.28. The standard InChI is InChI=1S/C20H35N5O3S.HI/c1-5-21-19(23-16-20(2,3)24-29(4,26)27)22-14-17-8-6-7-9-18(17)15-25-10-12-28-13-11-25;/h6-9,24H,5,10-16H2,1-4H3,(H2,21,22,23);1H. The summed E-state index contributed by atoms with van der Waals surface area (Å²) < 4.78 is 31.1. The van der Waals surface area contributed by atoms with Crippen LogP contribution in [0.15, 0.2) is 29.3 Å². The van der Waals surface area contributed by atoms with E-state index in [2.05, 4.69) is 38.5 Å². The van der Waals surface area contributed by atoms with Gasteiger partial charge in [0.2, 0.25) is 10.0 Å². The molecule has 0 spiro atoms. The first-order chi connectivity index (χ1) is 13.7. The van der Waals surface area contributed by atoms with Crippen LogP contribution in [-0.4, -0.2) is 70.5 Å². The summed E-state index contributed by atoms with van der Waals surface area (Å²) in [4.78, 5) is 7.11. The first-order valence-electron chi connectivity index (χ1n) is 10.1. The van der Waals surface area contributed by atoms with E-state index >= 15 is 0 Å². The molecule has 0 aromatic heterocycles. The van der Waals surface area contributed by atoms with Crippen LogP contribution in [0.5, 0.6) is 0 Å². The molecule has 10 heteroatoms. The summed E-state index contributed by atoms with van der Waals surface area (Å²) >= 11 is 0. The molecular weight excluding hydrogens is 517 g/mol. The lowest BCUT2D eigenvalue weighted by Crippen LogP contribution is -2.53. The molecule has 0 radical (unpaired) electrons. The number of morpholine rings is 1. The van der Waals surface area contributed by atoms with Crippen molar-refractivity contribution in [1.82, 2.24) is 20.3 Å². The summed E-state index contributed by atoms with van der Waals surface area (Å²) in [5.41, 5.74) is 1.83. The van der Waals surface area contributed by atoms with E-state index in [9.17, 15) is 8.42 Å². The van der Waals surface area contributed by atoms with Gasteiger partial charge < -0.3 is 15.4 Å². The van der Waals surface area contributed by atoms with Gasteiger partial charge in [-0.2, -0.15) is 0 Å². The van der Waals surface area contributed by atoms with E-state index in [1.54, 1.807) is 0 Å². The molecule has 1 fully saturated rings. The Morgan fingerprint density at radius 1 is 1.17 bits per heavy atom. The van der Waals surface area contributed by atoms with Gasteiger partial charge in [-0.15, -0.1) is 24.0 Å². The fourth-order valence-corrected chi connectivity index (χ4v) is 4.29. The molecule has 1 heterocycles. The van der Waals surface area contributed by atoms with Gasteiger partial charge in [-0.25, -0.2) is 18.1 Å². The molecule has 2 rings (SSSR count). The van der Waals surface area contributed by atoms with Crippen molar-refractivity contribution in [3.8, 4) is 0 Å². The zero-order valence-corrected chi connectivity index (χ0v) is 21.5. The predicted molar refractivity (Wildman–Crippen MR) is 133 cm³/mol. The van der Waals surface area contributed by atoms with Crippen LogP contribution in [0.2, 0.25) is 0 Å². The van der Waals surface area contributed by atoms with Gasteiger partial charge in [0.1, 0.15) is 0 Å². The van der Waals surface area contributed by atoms with E-state index in [1.807, 2.05) is 26.8 Å². The lowest BCUT2D eigenvalue weighted by Gasteiger charge is -2.27. The number of hydrogen-bond acceptors (Lipinski definition) is 5. The van der Waals surface area contributed by atoms with Gasteiger partial charge in [-0.05, 0) is 31.9 Å². The van der Waals surface area contributed by atoms with Gasteiger partial charge in [0.15, 0.2) is 5.96 Å². The molecule has 0 amide bonds. The largest absolute Gasteiger partial charge is 0.379 e. The Kier molecular flexibility index (Phi) is 11.6. The fourth-order valence-electron chi connectivity index (χ4n) is 3.21. The molecule has 1 aliphatic heterocycles. The molecule has 1 aliphatic rings. The Balaban J connectivity index is 0.00000450. The first kappa shape index (κ1) is 27.1. The molecule has 1 aromatic carbocycles. The Morgan fingerprint density at radius 2 is 1.80 bits per heavy atom. The number of halogens is 1. The smallest absolute Gasteiger partial charge is 0.209 e. The fraction of sp³-hybridized carbons (Fsp3) is 0.650. The van der Waals surface area contributed by atoms with Crippen molar-refractivity contribution in [2.45, 2.75) is 39.4 Å². The number of rotatable bonds is 9. The minimum Gasteiger partial charge on any atom is -0.379 e. The highest BCUT2D eigenvalue weighted by Crippen LogP contribution is 2.14. The number of guanidine groups is 1. The monoisotopic (exact) mass is 553 g/mol. The molecule has 1 aromatic rings. The topological polar surface area (TPSA) is 95.1 Å². The van der Waals surface area contributed by atoms with Crippen LogP contribution < -0.4 is 15.4 Å². The average Bonchev–Trinajstić information content (AvgIpc) is 2.64. The maximum absolute atomic E-state index is 11.5. The number of benzene rings is 1. The van der Waals surface area contributed by atoms with Crippen molar-refractivity contribution in [2.24, 2.45) is 4.99 Å². The molecule has 1 saturated heterocycles. The van der Waals surface area contributed by atoms with Crippen molar-refractivity contribution in [3.63, 3.8) is 0 Å². The third kappa shape index (κ3) is 10.4. The Hall–Kier alpha value is -0.950. The summed E-state index contributed by atoms with van der Waals surface area (Å²) in [6, 6.07) is 8.36. The van der Waals surface area contributed by atoms with Crippen LogP contribution >= 0.6 is 24.0 Å². The molecule has 0 saturated carbocycles. The highest BCUT2D eigenvalue weighted by atomic mass is 127. The number of aliphatic imine (C=N–C) groups is 1. The average molecular weight is 554 g/mol. The zero-order chi connectivity index (χ0) is 21.3. The number of nitrogens with zero attached hydrogens (tertiary/aromatic N) is 2. The molecule has 3 N–H and O–H groups in total. The lowest BCUT2D eigenvalue weighted by atomic mass is 10.1. The molecule has 0 aliphatic carbocycles. The van der Waals surface area contributed by atoms with Gasteiger partial charge in [-0.1, -0.05) is 24.3 Å². The van der Waals surface area contributed by atoms with Crippen molar-refractivity contribution in [2.75, 3.05) is 45.6 Å². The van der Waals surface area contributed by atoms with Crippen LogP contribution in [0.25, 0.3) is 0 Å². The summed E-state index contributed by atoms with van der Waals surface area (Å²) in [6.07, 6.45) is 1.17. The van der Waals surface area contributed by atoms with Crippen molar-refractivity contribution < 1.29 is 13.2 Å². The summed E-state index contributed by atoms with van der Waals surface area (Å²) in [7, 11) is -3.28. The maximum atomic E-state index is 11.5. The van der Waals surface area contributed by atoms with Crippen LogP contribution in [0.1, 0.15) is 31.9 Å². The molecule has 30 heavy (non-hydrogen) atoms. The Morgan fingerprint density at radius 3 is 2.40 bits per heavy atom. The lowest BCUT2D eigenvalue weighted by molar-refractivity contribution is 0.0341. The van der Waals surface area contributed by atoms with Crippen molar-refractivity contribution in [3.05, 3.63) is 35.4 Å². The summed E-state index contributed by atoms with van der Waals surface area (Å²) in [6.45, 7) is 11.7. The molecule has 172 valence electrons. The zero-order valence-electron chi connectivity index (χ0n) is 18.4. The third-order valence-electron chi connectivity index (χ3n) is 4.53. The summed E-state index contributed by atoms with van der Waals surface area (Å²) in [5.74, 6) is 0.664. The number of nitrogens with one attached hydrogen (secondary N) is 3. The molecular formula is C20H36IN5O3S.